The van der Waals surface area contributed by atoms with Crippen molar-refractivity contribution in [3.63, 3.8) is 0 Å². The zero-order chi connectivity index (χ0) is 14.3. The third kappa shape index (κ3) is 4.87. The Morgan fingerprint density at radius 3 is 2.53 bits per heavy atom. The molecular formula is C14H22N2O3. The number of hydrogen-bond acceptors (Lipinski definition) is 4. The van der Waals surface area contributed by atoms with Gasteiger partial charge in [-0.3, -0.25) is 9.78 Å². The summed E-state index contributed by atoms with van der Waals surface area (Å²) in [7, 11) is 0. The molecule has 5 nitrogen and oxygen atoms in total. The largest absolute Gasteiger partial charge is 0.504 e. The quantitative estimate of drug-likeness (QED) is 0.708. The Kier molecular flexibility index (Phi) is 5.76. The first kappa shape index (κ1) is 15.4. The summed E-state index contributed by atoms with van der Waals surface area (Å²) in [5.74, 6) is -0.378. The molecule has 0 saturated heterocycles. The topological polar surface area (TPSA) is 82.5 Å². The summed E-state index contributed by atoms with van der Waals surface area (Å²) < 4.78 is 0. The maximum absolute atomic E-state index is 11.9. The van der Waals surface area contributed by atoms with E-state index in [-0.39, 0.29) is 18.1 Å². The Morgan fingerprint density at radius 2 is 2.00 bits per heavy atom. The highest BCUT2D eigenvalue weighted by Crippen LogP contribution is 2.26. The number of hydrogen-bond donors (Lipinski definition) is 3. The summed E-state index contributed by atoms with van der Waals surface area (Å²) in [6.07, 6.45) is 5.62. The molecule has 5 heteroatoms. The fourth-order valence-electron chi connectivity index (χ4n) is 2.22. The number of nitrogens with one attached hydrogen (secondary N) is 1. The minimum atomic E-state index is -0.962. The molecule has 0 aliphatic rings. The number of anilines is 1. The van der Waals surface area contributed by atoms with E-state index in [4.69, 9.17) is 0 Å². The minimum Gasteiger partial charge on any atom is -0.504 e. The number of nitrogens with zero attached hydrogens (tertiary/aromatic N) is 1. The van der Waals surface area contributed by atoms with Gasteiger partial charge in [-0.05, 0) is 18.9 Å². The van der Waals surface area contributed by atoms with Crippen LogP contribution in [0.5, 0.6) is 5.75 Å². The van der Waals surface area contributed by atoms with Crippen LogP contribution >= 0.6 is 0 Å². The molecule has 19 heavy (non-hydrogen) atoms. The lowest BCUT2D eigenvalue weighted by Crippen LogP contribution is -2.33. The number of aromatic hydroxyl groups is 1. The van der Waals surface area contributed by atoms with Crippen LogP contribution < -0.4 is 5.32 Å². The summed E-state index contributed by atoms with van der Waals surface area (Å²) in [5, 5.41) is 22.5. The van der Waals surface area contributed by atoms with Gasteiger partial charge in [0.1, 0.15) is 0 Å². The van der Waals surface area contributed by atoms with Gasteiger partial charge in [-0.1, -0.05) is 26.7 Å². The Bertz CT molecular complexity index is 415. The zero-order valence-corrected chi connectivity index (χ0v) is 11.5. The van der Waals surface area contributed by atoms with E-state index in [0.29, 0.717) is 18.5 Å². The fraction of sp³-hybridized carbons (Fsp3) is 0.571. The van der Waals surface area contributed by atoms with Crippen LogP contribution in [0.25, 0.3) is 0 Å². The van der Waals surface area contributed by atoms with Gasteiger partial charge in [0.05, 0.1) is 23.9 Å². The van der Waals surface area contributed by atoms with E-state index in [1.807, 2.05) is 13.8 Å². The molecule has 1 heterocycles. The van der Waals surface area contributed by atoms with Gasteiger partial charge in [-0.25, -0.2) is 0 Å². The zero-order valence-electron chi connectivity index (χ0n) is 11.5. The SMILES string of the molecule is CCCC(O)(CCC)CC(=O)Nc1ccncc1O. The van der Waals surface area contributed by atoms with E-state index < -0.39 is 5.60 Å². The van der Waals surface area contributed by atoms with Gasteiger partial charge in [0, 0.05) is 6.20 Å². The summed E-state index contributed by atoms with van der Waals surface area (Å²) in [6, 6.07) is 1.52. The smallest absolute Gasteiger partial charge is 0.227 e. The summed E-state index contributed by atoms with van der Waals surface area (Å²) in [6.45, 7) is 3.96. The third-order valence-electron chi connectivity index (χ3n) is 2.99. The van der Waals surface area contributed by atoms with Crippen LogP contribution in [0, 0.1) is 0 Å². The predicted octanol–water partition coefficient (Wildman–Crippen LogP) is 2.45. The maximum Gasteiger partial charge on any atom is 0.227 e. The van der Waals surface area contributed by atoms with E-state index in [1.165, 1.54) is 18.5 Å². The van der Waals surface area contributed by atoms with Crippen molar-refractivity contribution >= 4 is 11.6 Å². The summed E-state index contributed by atoms with van der Waals surface area (Å²) in [5.41, 5.74) is -0.647. The lowest BCUT2D eigenvalue weighted by molar-refractivity contribution is -0.121. The summed E-state index contributed by atoms with van der Waals surface area (Å²) in [4.78, 5) is 15.7. The molecule has 0 fully saturated rings. The number of pyridine rings is 1. The maximum atomic E-state index is 11.9. The number of aliphatic hydroxyl groups is 1. The van der Waals surface area contributed by atoms with Crippen molar-refractivity contribution in [3.05, 3.63) is 18.5 Å². The second kappa shape index (κ2) is 7.09. The Labute approximate surface area is 113 Å². The second-order valence-electron chi connectivity index (χ2n) is 4.84. The molecule has 0 saturated carbocycles. The van der Waals surface area contributed by atoms with Crippen LogP contribution in [-0.2, 0) is 4.79 Å². The minimum absolute atomic E-state index is 0.0381. The molecule has 0 aromatic carbocycles. The van der Waals surface area contributed by atoms with Crippen LogP contribution in [0.1, 0.15) is 46.0 Å². The highest BCUT2D eigenvalue weighted by atomic mass is 16.3. The van der Waals surface area contributed by atoms with Crippen LogP contribution in [0.4, 0.5) is 5.69 Å². The van der Waals surface area contributed by atoms with Gasteiger partial charge >= 0.3 is 0 Å². The number of rotatable bonds is 7. The van der Waals surface area contributed by atoms with Gasteiger partial charge in [0.2, 0.25) is 5.91 Å². The molecule has 0 unspecified atom stereocenters. The Morgan fingerprint density at radius 1 is 1.37 bits per heavy atom. The fourth-order valence-corrected chi connectivity index (χ4v) is 2.22. The van der Waals surface area contributed by atoms with Crippen LogP contribution in [0.3, 0.4) is 0 Å². The molecule has 0 aliphatic heterocycles. The van der Waals surface area contributed by atoms with Gasteiger partial charge in [-0.15, -0.1) is 0 Å². The molecule has 0 atom stereocenters. The average Bonchev–Trinajstić information content (AvgIpc) is 2.32. The molecule has 1 amide bonds. The Hall–Kier alpha value is -1.62. The number of carbonyl (C=O) groups excluding carboxylic acids is 1. The first-order valence-corrected chi connectivity index (χ1v) is 6.66. The number of carbonyl (C=O) groups is 1. The highest BCUT2D eigenvalue weighted by molar-refractivity contribution is 5.92. The molecule has 3 N–H and O–H groups in total. The van der Waals surface area contributed by atoms with Gasteiger partial charge < -0.3 is 15.5 Å². The number of aromatic nitrogens is 1. The lowest BCUT2D eigenvalue weighted by Gasteiger charge is -2.26. The molecule has 106 valence electrons. The van der Waals surface area contributed by atoms with Crippen molar-refractivity contribution in [2.45, 2.75) is 51.6 Å². The van der Waals surface area contributed by atoms with Crippen molar-refractivity contribution in [2.24, 2.45) is 0 Å². The van der Waals surface area contributed by atoms with Crippen LogP contribution in [-0.4, -0.2) is 26.7 Å². The molecule has 0 spiro atoms. The monoisotopic (exact) mass is 266 g/mol. The number of amides is 1. The standard InChI is InChI=1S/C14H22N2O3/c1-3-6-14(19,7-4-2)9-13(18)16-11-5-8-15-10-12(11)17/h5,8,10,17,19H,3-4,6-7,9H2,1-2H3,(H,15,16,18). The summed E-state index contributed by atoms with van der Waals surface area (Å²) >= 11 is 0. The molecule has 1 aromatic rings. The Balaban J connectivity index is 2.65. The first-order valence-electron chi connectivity index (χ1n) is 6.66. The van der Waals surface area contributed by atoms with Gasteiger partial charge in [0.25, 0.3) is 0 Å². The average molecular weight is 266 g/mol. The van der Waals surface area contributed by atoms with Crippen molar-refractivity contribution in [3.8, 4) is 5.75 Å². The van der Waals surface area contributed by atoms with E-state index in [2.05, 4.69) is 10.3 Å². The molecule has 0 bridgehead atoms. The van der Waals surface area contributed by atoms with Crippen molar-refractivity contribution in [1.82, 2.24) is 4.98 Å². The van der Waals surface area contributed by atoms with Crippen molar-refractivity contribution in [2.75, 3.05) is 5.32 Å². The molecule has 0 aliphatic carbocycles. The molecule has 1 rings (SSSR count). The van der Waals surface area contributed by atoms with Crippen molar-refractivity contribution in [1.29, 1.82) is 0 Å². The lowest BCUT2D eigenvalue weighted by atomic mass is 9.89. The molecular weight excluding hydrogens is 244 g/mol. The van der Waals surface area contributed by atoms with E-state index in [0.717, 1.165) is 12.8 Å². The van der Waals surface area contributed by atoms with Gasteiger partial charge in [-0.2, -0.15) is 0 Å². The van der Waals surface area contributed by atoms with Crippen LogP contribution in [0.2, 0.25) is 0 Å². The predicted molar refractivity (Wildman–Crippen MR) is 73.9 cm³/mol. The van der Waals surface area contributed by atoms with E-state index >= 15 is 0 Å². The van der Waals surface area contributed by atoms with E-state index in [9.17, 15) is 15.0 Å². The van der Waals surface area contributed by atoms with Crippen molar-refractivity contribution < 1.29 is 15.0 Å². The van der Waals surface area contributed by atoms with Gasteiger partial charge in [0.15, 0.2) is 5.75 Å². The third-order valence-corrected chi connectivity index (χ3v) is 2.99. The first-order chi connectivity index (χ1) is 9.00. The molecule has 1 aromatic heterocycles. The van der Waals surface area contributed by atoms with Crippen LogP contribution in [0.15, 0.2) is 18.5 Å². The normalized spacial score (nSPS) is 11.3. The highest BCUT2D eigenvalue weighted by Gasteiger charge is 2.28. The second-order valence-corrected chi connectivity index (χ2v) is 4.84. The molecule has 0 radical (unpaired) electrons. The van der Waals surface area contributed by atoms with E-state index in [1.54, 1.807) is 0 Å².